The van der Waals surface area contributed by atoms with Crippen LogP contribution in [0.2, 0.25) is 0 Å². The Morgan fingerprint density at radius 2 is 2.08 bits per heavy atom. The lowest BCUT2D eigenvalue weighted by Crippen LogP contribution is -1.98. The van der Waals surface area contributed by atoms with Gasteiger partial charge in [-0.05, 0) is 25.5 Å². The topological polar surface area (TPSA) is 17.8 Å². The SMILES string of the molecule is CCCn1c(C)nc2ccccc21. The number of benzene rings is 1. The second-order valence-electron chi connectivity index (χ2n) is 3.30. The molecular weight excluding hydrogens is 160 g/mol. The first-order chi connectivity index (χ1) is 6.33. The molecule has 1 heterocycles. The highest BCUT2D eigenvalue weighted by Crippen LogP contribution is 2.15. The standard InChI is InChI=1S/C11H14N2/c1-3-8-13-9(2)12-10-6-4-5-7-11(10)13/h4-7H,3,8H2,1-2H3. The van der Waals surface area contributed by atoms with Gasteiger partial charge in [-0.15, -0.1) is 0 Å². The molecule has 0 saturated carbocycles. The summed E-state index contributed by atoms with van der Waals surface area (Å²) in [7, 11) is 0. The molecule has 0 saturated heterocycles. The molecule has 0 spiro atoms. The number of hydrogen-bond donors (Lipinski definition) is 0. The molecule has 0 aliphatic heterocycles. The van der Waals surface area contributed by atoms with Crippen LogP contribution < -0.4 is 0 Å². The smallest absolute Gasteiger partial charge is 0.106 e. The molecule has 0 bridgehead atoms. The highest BCUT2D eigenvalue weighted by atomic mass is 15.1. The van der Waals surface area contributed by atoms with Gasteiger partial charge in [0.15, 0.2) is 0 Å². The van der Waals surface area contributed by atoms with Crippen molar-refractivity contribution in [1.82, 2.24) is 9.55 Å². The van der Waals surface area contributed by atoms with Crippen molar-refractivity contribution >= 4 is 11.0 Å². The molecule has 2 rings (SSSR count). The predicted molar refractivity (Wildman–Crippen MR) is 54.8 cm³/mol. The number of imidazole rings is 1. The Kier molecular flexibility index (Phi) is 2.05. The average molecular weight is 174 g/mol. The van der Waals surface area contributed by atoms with E-state index in [1.54, 1.807) is 0 Å². The van der Waals surface area contributed by atoms with Crippen molar-refractivity contribution < 1.29 is 0 Å². The summed E-state index contributed by atoms with van der Waals surface area (Å²) in [5, 5.41) is 0. The number of hydrogen-bond acceptors (Lipinski definition) is 1. The fourth-order valence-electron chi connectivity index (χ4n) is 1.70. The van der Waals surface area contributed by atoms with E-state index in [-0.39, 0.29) is 0 Å². The fourth-order valence-corrected chi connectivity index (χ4v) is 1.70. The second kappa shape index (κ2) is 3.21. The fraction of sp³-hybridized carbons (Fsp3) is 0.364. The Morgan fingerprint density at radius 1 is 1.31 bits per heavy atom. The van der Waals surface area contributed by atoms with Gasteiger partial charge in [0.2, 0.25) is 0 Å². The molecule has 1 aromatic carbocycles. The molecule has 2 heteroatoms. The summed E-state index contributed by atoms with van der Waals surface area (Å²) in [6, 6.07) is 8.29. The minimum absolute atomic E-state index is 1.06. The third kappa shape index (κ3) is 1.32. The molecule has 0 amide bonds. The molecule has 1 aromatic heterocycles. The van der Waals surface area contributed by atoms with E-state index in [4.69, 9.17) is 0 Å². The van der Waals surface area contributed by atoms with E-state index < -0.39 is 0 Å². The average Bonchev–Trinajstić information content (AvgIpc) is 2.44. The van der Waals surface area contributed by atoms with Crippen molar-refractivity contribution in [3.05, 3.63) is 30.1 Å². The molecule has 13 heavy (non-hydrogen) atoms. The summed E-state index contributed by atoms with van der Waals surface area (Å²) in [5.74, 6) is 1.11. The van der Waals surface area contributed by atoms with E-state index in [1.165, 1.54) is 5.52 Å². The quantitative estimate of drug-likeness (QED) is 0.684. The highest BCUT2D eigenvalue weighted by Gasteiger charge is 2.04. The van der Waals surface area contributed by atoms with Gasteiger partial charge in [-0.2, -0.15) is 0 Å². The zero-order valence-electron chi connectivity index (χ0n) is 8.12. The largest absolute Gasteiger partial charge is 0.328 e. The predicted octanol–water partition coefficient (Wildman–Crippen LogP) is 2.75. The van der Waals surface area contributed by atoms with Gasteiger partial charge in [-0.25, -0.2) is 4.98 Å². The number of fused-ring (bicyclic) bond motifs is 1. The molecule has 2 aromatic rings. The minimum atomic E-state index is 1.06. The van der Waals surface area contributed by atoms with Gasteiger partial charge in [0.05, 0.1) is 11.0 Å². The molecule has 0 N–H and O–H groups in total. The van der Waals surface area contributed by atoms with Gasteiger partial charge in [-0.3, -0.25) is 0 Å². The number of aryl methyl sites for hydroxylation is 2. The molecule has 0 aliphatic rings. The zero-order valence-corrected chi connectivity index (χ0v) is 8.12. The molecule has 0 aliphatic carbocycles. The first-order valence-corrected chi connectivity index (χ1v) is 4.75. The Bertz CT molecular complexity index is 415. The molecule has 2 nitrogen and oxygen atoms in total. The summed E-state index contributed by atoms with van der Waals surface area (Å²) >= 11 is 0. The van der Waals surface area contributed by atoms with Crippen LogP contribution in [0.1, 0.15) is 19.2 Å². The lowest BCUT2D eigenvalue weighted by atomic mass is 10.3. The van der Waals surface area contributed by atoms with Crippen molar-refractivity contribution in [2.24, 2.45) is 0 Å². The van der Waals surface area contributed by atoms with Crippen LogP contribution in [-0.4, -0.2) is 9.55 Å². The summed E-state index contributed by atoms with van der Waals surface area (Å²) in [6.07, 6.45) is 1.15. The van der Waals surface area contributed by atoms with E-state index in [2.05, 4.69) is 41.6 Å². The van der Waals surface area contributed by atoms with Crippen LogP contribution in [0.4, 0.5) is 0 Å². The molecule has 0 radical (unpaired) electrons. The number of aromatic nitrogens is 2. The van der Waals surface area contributed by atoms with E-state index in [0.29, 0.717) is 0 Å². The van der Waals surface area contributed by atoms with Crippen LogP contribution >= 0.6 is 0 Å². The van der Waals surface area contributed by atoms with Crippen LogP contribution in [0.3, 0.4) is 0 Å². The van der Waals surface area contributed by atoms with E-state index in [0.717, 1.165) is 24.3 Å². The summed E-state index contributed by atoms with van der Waals surface area (Å²) in [6.45, 7) is 5.32. The maximum atomic E-state index is 4.49. The van der Waals surface area contributed by atoms with Crippen LogP contribution in [0.5, 0.6) is 0 Å². The van der Waals surface area contributed by atoms with Crippen molar-refractivity contribution in [3.8, 4) is 0 Å². The lowest BCUT2D eigenvalue weighted by molar-refractivity contribution is 0.676. The van der Waals surface area contributed by atoms with Gasteiger partial charge in [0.1, 0.15) is 5.82 Å². The monoisotopic (exact) mass is 174 g/mol. The summed E-state index contributed by atoms with van der Waals surface area (Å²) in [4.78, 5) is 4.49. The van der Waals surface area contributed by atoms with Crippen LogP contribution in [0, 0.1) is 6.92 Å². The normalized spacial score (nSPS) is 10.9. The number of nitrogens with zero attached hydrogens (tertiary/aromatic N) is 2. The van der Waals surface area contributed by atoms with Gasteiger partial charge < -0.3 is 4.57 Å². The third-order valence-electron chi connectivity index (χ3n) is 2.29. The third-order valence-corrected chi connectivity index (χ3v) is 2.29. The number of para-hydroxylation sites is 2. The zero-order chi connectivity index (χ0) is 9.26. The molecular formula is C11H14N2. The van der Waals surface area contributed by atoms with Gasteiger partial charge in [0, 0.05) is 6.54 Å². The van der Waals surface area contributed by atoms with Crippen LogP contribution in [-0.2, 0) is 6.54 Å². The Morgan fingerprint density at radius 3 is 2.85 bits per heavy atom. The van der Waals surface area contributed by atoms with Gasteiger partial charge in [-0.1, -0.05) is 19.1 Å². The van der Waals surface area contributed by atoms with Crippen LogP contribution in [0.15, 0.2) is 24.3 Å². The van der Waals surface area contributed by atoms with E-state index in [9.17, 15) is 0 Å². The molecule has 68 valence electrons. The van der Waals surface area contributed by atoms with E-state index >= 15 is 0 Å². The van der Waals surface area contributed by atoms with Crippen LogP contribution in [0.25, 0.3) is 11.0 Å². The number of rotatable bonds is 2. The van der Waals surface area contributed by atoms with Crippen molar-refractivity contribution in [2.45, 2.75) is 26.8 Å². The second-order valence-corrected chi connectivity index (χ2v) is 3.30. The highest BCUT2D eigenvalue weighted by molar-refractivity contribution is 5.75. The van der Waals surface area contributed by atoms with Gasteiger partial charge in [0.25, 0.3) is 0 Å². The lowest BCUT2D eigenvalue weighted by Gasteiger charge is -2.03. The first-order valence-electron chi connectivity index (χ1n) is 4.75. The first kappa shape index (κ1) is 8.30. The maximum Gasteiger partial charge on any atom is 0.106 e. The van der Waals surface area contributed by atoms with Gasteiger partial charge >= 0.3 is 0 Å². The Labute approximate surface area is 78.2 Å². The summed E-state index contributed by atoms with van der Waals surface area (Å²) < 4.78 is 2.27. The molecule has 0 unspecified atom stereocenters. The minimum Gasteiger partial charge on any atom is -0.328 e. The Balaban J connectivity index is 2.64. The molecule has 0 fully saturated rings. The maximum absolute atomic E-state index is 4.49. The van der Waals surface area contributed by atoms with Crippen molar-refractivity contribution in [1.29, 1.82) is 0 Å². The summed E-state index contributed by atoms with van der Waals surface area (Å²) in [5.41, 5.74) is 2.36. The Hall–Kier alpha value is -1.31. The molecule has 0 atom stereocenters. The van der Waals surface area contributed by atoms with Crippen molar-refractivity contribution in [2.75, 3.05) is 0 Å². The van der Waals surface area contributed by atoms with Crippen molar-refractivity contribution in [3.63, 3.8) is 0 Å². The van der Waals surface area contributed by atoms with E-state index in [1.807, 2.05) is 6.07 Å².